The summed E-state index contributed by atoms with van der Waals surface area (Å²) in [6.45, 7) is 7.73. The molecule has 1 radical (unpaired) electrons. The van der Waals surface area contributed by atoms with Crippen LogP contribution >= 0.6 is 0 Å². The number of pyridine rings is 2. The molecule has 5 nitrogen and oxygen atoms in total. The summed E-state index contributed by atoms with van der Waals surface area (Å²) >= 11 is 0. The number of imidazole rings is 1. The van der Waals surface area contributed by atoms with E-state index in [9.17, 15) is 0 Å². The van der Waals surface area contributed by atoms with Crippen LogP contribution in [-0.2, 0) is 26.7 Å². The van der Waals surface area contributed by atoms with Gasteiger partial charge in [-0.05, 0) is 82.0 Å². The number of para-hydroxylation sites is 2. The molecule has 0 aliphatic carbocycles. The molecule has 4 aromatic heterocycles. The van der Waals surface area contributed by atoms with E-state index >= 15 is 0 Å². The Morgan fingerprint density at radius 1 is 0.804 bits per heavy atom. The molecule has 0 aliphatic heterocycles. The standard InChI is InChI=1S/C33H30N3O.C12H10N.Ir/c1-21(2)25-8-7-9-26(22(3)4)28(25)19-36-31-11-6-5-10-30(31)35-33(36)29-20-37-32-13-12-24(18-27(29)32)23-14-16-34-17-15-23;1-10-7-8-12(13-9-10)11-5-3-2-4-6-11;/h5-18,21-22H,19H2,1-4H3;2-5,7-9H,1H3;/q2*-1;/i;1D3;. The van der Waals surface area contributed by atoms with Crippen LogP contribution in [0.1, 0.15) is 65.9 Å². The van der Waals surface area contributed by atoms with Crippen molar-refractivity contribution in [2.45, 2.75) is 52.9 Å². The molecule has 0 saturated carbocycles. The third-order valence-corrected chi connectivity index (χ3v) is 8.96. The number of hydrogen-bond donors (Lipinski definition) is 0. The minimum Gasteiger partial charge on any atom is -0.557 e. The van der Waals surface area contributed by atoms with E-state index in [2.05, 4.69) is 103 Å². The molecule has 8 rings (SSSR count). The van der Waals surface area contributed by atoms with Crippen LogP contribution < -0.4 is 0 Å². The van der Waals surface area contributed by atoms with E-state index in [1.54, 1.807) is 18.2 Å². The molecular weight excluding hydrogens is 805 g/mol. The van der Waals surface area contributed by atoms with Crippen molar-refractivity contribution in [1.29, 1.82) is 0 Å². The van der Waals surface area contributed by atoms with Crippen molar-refractivity contribution < 1.29 is 28.6 Å². The molecule has 6 heteroatoms. The van der Waals surface area contributed by atoms with Gasteiger partial charge in [0.2, 0.25) is 0 Å². The van der Waals surface area contributed by atoms with Gasteiger partial charge in [-0.2, -0.15) is 0 Å². The summed E-state index contributed by atoms with van der Waals surface area (Å²) in [6.07, 6.45) is 8.23. The largest absolute Gasteiger partial charge is 0.557 e. The molecule has 4 aromatic carbocycles. The van der Waals surface area contributed by atoms with Crippen LogP contribution in [0.2, 0.25) is 0 Å². The SMILES string of the molecule is CC(C)c1cccc(C(C)C)c1Cn1c(-c2[c-]oc3ccc(-c4ccncc4)cc23)nc2ccccc21.[2H]C([2H])([2H])c1ccc(-c2[c-]cccc2)nc1.[Ir]. The molecule has 0 fully saturated rings. The summed E-state index contributed by atoms with van der Waals surface area (Å²) in [4.78, 5) is 13.4. The number of aromatic nitrogens is 4. The minimum absolute atomic E-state index is 0. The van der Waals surface area contributed by atoms with Gasteiger partial charge in [-0.1, -0.05) is 99.3 Å². The minimum atomic E-state index is -2.09. The second-order valence-corrected chi connectivity index (χ2v) is 13.0. The van der Waals surface area contributed by atoms with E-state index in [4.69, 9.17) is 13.5 Å². The zero-order chi connectivity index (χ0) is 37.1. The summed E-state index contributed by atoms with van der Waals surface area (Å²) in [5.74, 6) is 1.73. The van der Waals surface area contributed by atoms with Gasteiger partial charge in [0.05, 0.1) is 16.9 Å². The maximum Gasteiger partial charge on any atom is 0.0770 e. The number of rotatable bonds is 7. The molecule has 0 unspecified atom stereocenters. The van der Waals surface area contributed by atoms with Gasteiger partial charge in [-0.25, -0.2) is 0 Å². The fourth-order valence-electron chi connectivity index (χ4n) is 6.44. The van der Waals surface area contributed by atoms with Crippen molar-refractivity contribution in [3.63, 3.8) is 0 Å². The van der Waals surface area contributed by atoms with Gasteiger partial charge in [-0.3, -0.25) is 9.97 Å². The Morgan fingerprint density at radius 3 is 2.25 bits per heavy atom. The Labute approximate surface area is 318 Å². The summed E-state index contributed by atoms with van der Waals surface area (Å²) in [6, 6.07) is 39.2. The fourth-order valence-corrected chi connectivity index (χ4v) is 6.44. The summed E-state index contributed by atoms with van der Waals surface area (Å²) in [5, 5.41) is 1.01. The third-order valence-electron chi connectivity index (χ3n) is 8.96. The van der Waals surface area contributed by atoms with Gasteiger partial charge < -0.3 is 14.0 Å². The zero-order valence-electron chi connectivity index (χ0n) is 32.0. The Hall–Kier alpha value is -5.16. The van der Waals surface area contributed by atoms with E-state index in [0.717, 1.165) is 62.3 Å². The number of furan rings is 1. The normalized spacial score (nSPS) is 12.2. The topological polar surface area (TPSA) is 56.7 Å². The predicted octanol–water partition coefficient (Wildman–Crippen LogP) is 11.5. The molecular formula is C45H40IrN4O-2. The predicted molar refractivity (Wildman–Crippen MR) is 204 cm³/mol. The van der Waals surface area contributed by atoms with Crippen LogP contribution in [0.25, 0.3) is 55.8 Å². The average Bonchev–Trinajstić information content (AvgIpc) is 3.76. The summed E-state index contributed by atoms with van der Waals surface area (Å²) in [5.41, 5.74) is 12.0. The first kappa shape index (κ1) is 31.8. The zero-order valence-corrected chi connectivity index (χ0v) is 31.4. The number of aryl methyl sites for hydroxylation is 1. The van der Waals surface area contributed by atoms with E-state index < -0.39 is 6.85 Å². The van der Waals surface area contributed by atoms with Gasteiger partial charge in [0, 0.05) is 61.2 Å². The van der Waals surface area contributed by atoms with Crippen LogP contribution in [0, 0.1) is 19.2 Å². The molecule has 0 N–H and O–H groups in total. The maximum absolute atomic E-state index is 7.23. The van der Waals surface area contributed by atoms with Crippen LogP contribution in [0.4, 0.5) is 0 Å². The van der Waals surface area contributed by atoms with Crippen molar-refractivity contribution >= 4 is 22.0 Å². The summed E-state index contributed by atoms with van der Waals surface area (Å²) in [7, 11) is 0. The molecule has 8 aromatic rings. The van der Waals surface area contributed by atoms with Crippen LogP contribution in [0.3, 0.4) is 0 Å². The first-order chi connectivity index (χ1) is 25.6. The van der Waals surface area contributed by atoms with Crippen molar-refractivity contribution in [2.24, 2.45) is 0 Å². The van der Waals surface area contributed by atoms with Crippen LogP contribution in [0.5, 0.6) is 0 Å². The molecule has 51 heavy (non-hydrogen) atoms. The van der Waals surface area contributed by atoms with Crippen molar-refractivity contribution in [1.82, 2.24) is 19.5 Å². The number of benzene rings is 4. The molecule has 0 amide bonds. The molecule has 0 aliphatic rings. The van der Waals surface area contributed by atoms with Crippen LogP contribution in [0.15, 0.2) is 132 Å². The Balaban J connectivity index is 0.000000246. The number of nitrogens with zero attached hydrogens (tertiary/aromatic N) is 4. The summed E-state index contributed by atoms with van der Waals surface area (Å²) < 4.78 is 30.0. The number of hydrogen-bond acceptors (Lipinski definition) is 4. The fraction of sp³-hybridized carbons (Fsp3) is 0.178. The number of fused-ring (bicyclic) bond motifs is 2. The van der Waals surface area contributed by atoms with E-state index in [1.165, 1.54) is 22.9 Å². The van der Waals surface area contributed by atoms with Crippen LogP contribution in [-0.4, -0.2) is 19.5 Å². The Bertz CT molecular complexity index is 2450. The molecule has 0 atom stereocenters. The van der Waals surface area contributed by atoms with Gasteiger partial charge in [-0.15, -0.1) is 35.9 Å². The first-order valence-electron chi connectivity index (χ1n) is 18.4. The van der Waals surface area contributed by atoms with Crippen molar-refractivity contribution in [3.05, 3.63) is 162 Å². The second-order valence-electron chi connectivity index (χ2n) is 13.0. The molecule has 0 spiro atoms. The Morgan fingerprint density at radius 2 is 1.57 bits per heavy atom. The van der Waals surface area contributed by atoms with E-state index in [1.807, 2.05) is 54.9 Å². The first-order valence-corrected chi connectivity index (χ1v) is 16.9. The third kappa shape index (κ3) is 7.63. The smallest absolute Gasteiger partial charge is 0.0770 e. The van der Waals surface area contributed by atoms with Gasteiger partial charge in [0.25, 0.3) is 0 Å². The van der Waals surface area contributed by atoms with Crippen molar-refractivity contribution in [2.75, 3.05) is 0 Å². The second kappa shape index (κ2) is 15.8. The van der Waals surface area contributed by atoms with E-state index in [0.29, 0.717) is 11.8 Å². The molecule has 0 saturated heterocycles. The van der Waals surface area contributed by atoms with Crippen molar-refractivity contribution in [3.8, 4) is 33.8 Å². The van der Waals surface area contributed by atoms with Gasteiger partial charge in [0.15, 0.2) is 0 Å². The molecule has 4 heterocycles. The molecule has 257 valence electrons. The Kier molecular flexibility index (Phi) is 9.85. The average molecular weight is 848 g/mol. The monoisotopic (exact) mass is 848 g/mol. The maximum atomic E-state index is 7.23. The van der Waals surface area contributed by atoms with E-state index in [-0.39, 0.29) is 25.7 Å². The van der Waals surface area contributed by atoms with Gasteiger partial charge in [0.1, 0.15) is 0 Å². The molecule has 0 bridgehead atoms. The quantitative estimate of drug-likeness (QED) is 0.150. The van der Waals surface area contributed by atoms with Gasteiger partial charge >= 0.3 is 0 Å².